The van der Waals surface area contributed by atoms with Gasteiger partial charge in [-0.1, -0.05) is 29.3 Å². The molecule has 6 nitrogen and oxygen atoms in total. The summed E-state index contributed by atoms with van der Waals surface area (Å²) < 4.78 is 10.8. The number of carbonyl (C=O) groups excluding carboxylic acids is 2. The average Bonchev–Trinajstić information content (AvgIpc) is 2.75. The monoisotopic (exact) mass is 436 g/mol. The Morgan fingerprint density at radius 3 is 2.39 bits per heavy atom. The second kappa shape index (κ2) is 10.4. The molecule has 7 heteroatoms. The van der Waals surface area contributed by atoms with Crippen LogP contribution in [0.1, 0.15) is 27.0 Å². The lowest BCUT2D eigenvalue weighted by Crippen LogP contribution is -2.24. The van der Waals surface area contributed by atoms with Gasteiger partial charge in [-0.2, -0.15) is 5.10 Å². The Hall–Kier alpha value is -3.64. The van der Waals surface area contributed by atoms with Gasteiger partial charge in [-0.15, -0.1) is 0 Å². The predicted molar refractivity (Wildman–Crippen MR) is 120 cm³/mol. The zero-order valence-electron chi connectivity index (χ0n) is 17.1. The van der Waals surface area contributed by atoms with E-state index in [0.717, 1.165) is 16.7 Å². The molecule has 0 heterocycles. The van der Waals surface area contributed by atoms with Gasteiger partial charge in [-0.05, 0) is 79.6 Å². The van der Waals surface area contributed by atoms with E-state index in [4.69, 9.17) is 21.1 Å². The third-order valence-corrected chi connectivity index (χ3v) is 4.51. The zero-order valence-corrected chi connectivity index (χ0v) is 17.8. The Bertz CT molecular complexity index is 1090. The number of carbonyl (C=O) groups is 2. The van der Waals surface area contributed by atoms with Crippen molar-refractivity contribution in [3.63, 3.8) is 0 Å². The van der Waals surface area contributed by atoms with Crippen LogP contribution >= 0.6 is 11.6 Å². The molecule has 3 aromatic rings. The van der Waals surface area contributed by atoms with Crippen LogP contribution in [-0.4, -0.2) is 24.7 Å². The molecule has 158 valence electrons. The number of ether oxygens (including phenoxy) is 2. The predicted octanol–water partition coefficient (Wildman–Crippen LogP) is 4.71. The fraction of sp³-hybridized carbons (Fsp3) is 0.125. The summed E-state index contributed by atoms with van der Waals surface area (Å²) in [7, 11) is 0. The number of hydrogen-bond acceptors (Lipinski definition) is 5. The quantitative estimate of drug-likeness (QED) is 0.252. The molecule has 1 N–H and O–H groups in total. The fourth-order valence-corrected chi connectivity index (χ4v) is 2.82. The van der Waals surface area contributed by atoms with Crippen LogP contribution in [0, 0.1) is 13.8 Å². The molecule has 0 aromatic heterocycles. The lowest BCUT2D eigenvalue weighted by Gasteiger charge is -2.08. The number of nitrogens with one attached hydrogen (secondary N) is 1. The summed E-state index contributed by atoms with van der Waals surface area (Å²) in [5.41, 5.74) is 5.64. The number of rotatable bonds is 7. The molecule has 1 amide bonds. The van der Waals surface area contributed by atoms with Crippen molar-refractivity contribution in [2.75, 3.05) is 6.61 Å². The van der Waals surface area contributed by atoms with Crippen molar-refractivity contribution in [3.05, 3.63) is 94.0 Å². The minimum atomic E-state index is -0.478. The molecule has 0 aliphatic heterocycles. The standard InChI is InChI=1S/C24H21ClN2O4/c1-16-3-12-22(17(2)13-16)30-15-23(28)27-26-14-18-4-10-21(11-5-18)31-24(29)19-6-8-20(25)9-7-19/h3-14H,15H2,1-2H3,(H,27,28)/b26-14+. The maximum atomic E-state index is 12.1. The van der Waals surface area contributed by atoms with Crippen molar-refractivity contribution >= 4 is 29.7 Å². The van der Waals surface area contributed by atoms with Crippen molar-refractivity contribution < 1.29 is 19.1 Å². The van der Waals surface area contributed by atoms with Gasteiger partial charge in [-0.25, -0.2) is 10.2 Å². The van der Waals surface area contributed by atoms with Crippen LogP contribution in [0.15, 0.2) is 71.8 Å². The maximum absolute atomic E-state index is 12.1. The third-order valence-electron chi connectivity index (χ3n) is 4.26. The molecule has 3 rings (SSSR count). The maximum Gasteiger partial charge on any atom is 0.343 e. The van der Waals surface area contributed by atoms with E-state index in [1.807, 2.05) is 32.0 Å². The molecule has 0 atom stereocenters. The van der Waals surface area contributed by atoms with Crippen LogP contribution in [0.3, 0.4) is 0 Å². The van der Waals surface area contributed by atoms with Crippen molar-refractivity contribution in [2.45, 2.75) is 13.8 Å². The molecule has 0 saturated heterocycles. The van der Waals surface area contributed by atoms with Crippen molar-refractivity contribution in [3.8, 4) is 11.5 Å². The number of benzene rings is 3. The topological polar surface area (TPSA) is 77.0 Å². The van der Waals surface area contributed by atoms with Gasteiger partial charge in [0, 0.05) is 5.02 Å². The lowest BCUT2D eigenvalue weighted by atomic mass is 10.1. The highest BCUT2D eigenvalue weighted by atomic mass is 35.5. The highest BCUT2D eigenvalue weighted by molar-refractivity contribution is 6.30. The molecule has 0 fully saturated rings. The second-order valence-corrected chi connectivity index (χ2v) is 7.25. The highest BCUT2D eigenvalue weighted by Gasteiger charge is 2.08. The van der Waals surface area contributed by atoms with Gasteiger partial charge in [0.15, 0.2) is 6.61 Å². The number of hydrogen-bond donors (Lipinski definition) is 1. The Kier molecular flexibility index (Phi) is 7.40. The molecule has 0 bridgehead atoms. The summed E-state index contributed by atoms with van der Waals surface area (Å²) >= 11 is 5.81. The summed E-state index contributed by atoms with van der Waals surface area (Å²) in [6, 6.07) is 18.9. The Labute approximate surface area is 185 Å². The molecular weight excluding hydrogens is 416 g/mol. The number of halogens is 1. The van der Waals surface area contributed by atoms with Gasteiger partial charge < -0.3 is 9.47 Å². The van der Waals surface area contributed by atoms with Crippen LogP contribution < -0.4 is 14.9 Å². The molecule has 0 radical (unpaired) electrons. The molecule has 0 aliphatic carbocycles. The highest BCUT2D eigenvalue weighted by Crippen LogP contribution is 2.18. The van der Waals surface area contributed by atoms with Crippen molar-refractivity contribution in [1.82, 2.24) is 5.43 Å². The van der Waals surface area contributed by atoms with E-state index in [2.05, 4.69) is 10.5 Å². The van der Waals surface area contributed by atoms with Gasteiger partial charge >= 0.3 is 5.97 Å². The molecule has 0 saturated carbocycles. The van der Waals surface area contributed by atoms with Crippen LogP contribution in [0.25, 0.3) is 0 Å². The average molecular weight is 437 g/mol. The van der Waals surface area contributed by atoms with Crippen molar-refractivity contribution in [2.24, 2.45) is 5.10 Å². The van der Waals surface area contributed by atoms with E-state index >= 15 is 0 Å². The van der Waals surface area contributed by atoms with Crippen LogP contribution in [-0.2, 0) is 4.79 Å². The first kappa shape index (κ1) is 22.1. The molecule has 0 spiro atoms. The summed E-state index contributed by atoms with van der Waals surface area (Å²) in [6.45, 7) is 3.78. The number of hydrazone groups is 1. The first-order valence-corrected chi connectivity index (χ1v) is 9.88. The first-order valence-electron chi connectivity index (χ1n) is 9.50. The summed E-state index contributed by atoms with van der Waals surface area (Å²) in [5.74, 6) is 0.204. The fourth-order valence-electron chi connectivity index (χ4n) is 2.69. The largest absolute Gasteiger partial charge is 0.483 e. The molecular formula is C24H21ClN2O4. The Balaban J connectivity index is 1.47. The second-order valence-electron chi connectivity index (χ2n) is 6.82. The van der Waals surface area contributed by atoms with E-state index in [9.17, 15) is 9.59 Å². The Morgan fingerprint density at radius 1 is 1.00 bits per heavy atom. The van der Waals surface area contributed by atoms with Crippen LogP contribution in [0.4, 0.5) is 0 Å². The summed E-state index contributed by atoms with van der Waals surface area (Å²) in [4.78, 5) is 24.0. The summed E-state index contributed by atoms with van der Waals surface area (Å²) in [6.07, 6.45) is 1.49. The number of amides is 1. The number of esters is 1. The van der Waals surface area contributed by atoms with Gasteiger partial charge in [0.2, 0.25) is 0 Å². The van der Waals surface area contributed by atoms with Crippen molar-refractivity contribution in [1.29, 1.82) is 0 Å². The van der Waals surface area contributed by atoms with E-state index in [1.54, 1.807) is 48.5 Å². The van der Waals surface area contributed by atoms with Gasteiger partial charge in [0.1, 0.15) is 11.5 Å². The molecule has 0 unspecified atom stereocenters. The van der Waals surface area contributed by atoms with Crippen LogP contribution in [0.2, 0.25) is 5.02 Å². The van der Waals surface area contributed by atoms with E-state index in [1.165, 1.54) is 6.21 Å². The SMILES string of the molecule is Cc1ccc(OCC(=O)N/N=C/c2ccc(OC(=O)c3ccc(Cl)cc3)cc2)c(C)c1. The Morgan fingerprint density at radius 2 is 1.71 bits per heavy atom. The minimum Gasteiger partial charge on any atom is -0.483 e. The number of aryl methyl sites for hydroxylation is 2. The zero-order chi connectivity index (χ0) is 22.2. The minimum absolute atomic E-state index is 0.138. The van der Waals surface area contributed by atoms with Gasteiger partial charge in [0.25, 0.3) is 5.91 Å². The van der Waals surface area contributed by atoms with Gasteiger partial charge in [-0.3, -0.25) is 4.79 Å². The molecule has 3 aromatic carbocycles. The number of nitrogens with zero attached hydrogens (tertiary/aromatic N) is 1. The molecule has 31 heavy (non-hydrogen) atoms. The van der Waals surface area contributed by atoms with E-state index in [0.29, 0.717) is 22.1 Å². The smallest absolute Gasteiger partial charge is 0.343 e. The molecule has 0 aliphatic rings. The van der Waals surface area contributed by atoms with Crippen LogP contribution in [0.5, 0.6) is 11.5 Å². The third kappa shape index (κ3) is 6.69. The first-order chi connectivity index (χ1) is 14.9. The summed E-state index contributed by atoms with van der Waals surface area (Å²) in [5, 5.41) is 4.46. The van der Waals surface area contributed by atoms with E-state index < -0.39 is 5.97 Å². The van der Waals surface area contributed by atoms with Gasteiger partial charge in [0.05, 0.1) is 11.8 Å². The normalized spacial score (nSPS) is 10.7. The lowest BCUT2D eigenvalue weighted by molar-refractivity contribution is -0.123. The van der Waals surface area contributed by atoms with E-state index in [-0.39, 0.29) is 12.5 Å².